The first kappa shape index (κ1) is 17.7. The van der Waals surface area contributed by atoms with Gasteiger partial charge in [-0.25, -0.2) is 9.07 Å². The van der Waals surface area contributed by atoms with Gasteiger partial charge < -0.3 is 10.1 Å². The van der Waals surface area contributed by atoms with Crippen molar-refractivity contribution in [3.63, 3.8) is 0 Å². The summed E-state index contributed by atoms with van der Waals surface area (Å²) in [5.41, 5.74) is 1.08. The maximum atomic E-state index is 13.0. The van der Waals surface area contributed by atoms with Crippen molar-refractivity contribution in [2.45, 2.75) is 26.0 Å². The first-order valence-corrected chi connectivity index (χ1v) is 8.44. The van der Waals surface area contributed by atoms with Crippen molar-refractivity contribution in [1.82, 2.24) is 9.78 Å². The molecular weight excluding hydrogens is 333 g/mol. The molecule has 0 radical (unpaired) electrons. The van der Waals surface area contributed by atoms with E-state index in [0.717, 1.165) is 5.56 Å². The van der Waals surface area contributed by atoms with Crippen LogP contribution < -0.4 is 10.1 Å². The standard InChI is InChI=1S/C20H20FN3O2/c1-2-18(26-17-10-8-16(21)9-11-17)20(25)23-19-12-13-22-24(19)14-15-6-4-3-5-7-15/h3-13,18H,2,14H2,1H3,(H,23,25)/t18-/m1/s1. The van der Waals surface area contributed by atoms with Crippen molar-refractivity contribution < 1.29 is 13.9 Å². The predicted molar refractivity (Wildman–Crippen MR) is 97.5 cm³/mol. The quantitative estimate of drug-likeness (QED) is 0.702. The maximum absolute atomic E-state index is 13.0. The second kappa shape index (κ2) is 8.29. The molecule has 1 N–H and O–H groups in total. The Hall–Kier alpha value is -3.15. The molecule has 0 fully saturated rings. The molecule has 26 heavy (non-hydrogen) atoms. The largest absolute Gasteiger partial charge is 0.481 e. The molecule has 1 amide bonds. The van der Waals surface area contributed by atoms with Crippen molar-refractivity contribution in [2.24, 2.45) is 0 Å². The highest BCUT2D eigenvalue weighted by Crippen LogP contribution is 2.16. The molecule has 5 nitrogen and oxygen atoms in total. The van der Waals surface area contributed by atoms with Crippen molar-refractivity contribution in [3.8, 4) is 5.75 Å². The van der Waals surface area contributed by atoms with Gasteiger partial charge in [-0.3, -0.25) is 4.79 Å². The number of amides is 1. The number of hydrogen-bond donors (Lipinski definition) is 1. The van der Waals surface area contributed by atoms with E-state index in [2.05, 4.69) is 10.4 Å². The zero-order chi connectivity index (χ0) is 18.4. The third-order valence-electron chi connectivity index (χ3n) is 3.90. The van der Waals surface area contributed by atoms with E-state index in [1.54, 1.807) is 16.9 Å². The minimum Gasteiger partial charge on any atom is -0.481 e. The SMILES string of the molecule is CC[C@@H](Oc1ccc(F)cc1)C(=O)Nc1ccnn1Cc1ccccc1. The Kier molecular flexibility index (Phi) is 5.63. The van der Waals surface area contributed by atoms with Crippen LogP contribution in [0.15, 0.2) is 66.9 Å². The molecule has 1 aromatic heterocycles. The molecule has 0 saturated heterocycles. The lowest BCUT2D eigenvalue weighted by atomic mass is 10.2. The lowest BCUT2D eigenvalue weighted by Gasteiger charge is -2.17. The molecule has 0 unspecified atom stereocenters. The summed E-state index contributed by atoms with van der Waals surface area (Å²) in [6, 6.07) is 17.2. The van der Waals surface area contributed by atoms with E-state index in [4.69, 9.17) is 4.74 Å². The summed E-state index contributed by atoms with van der Waals surface area (Å²) >= 11 is 0. The van der Waals surface area contributed by atoms with Crippen molar-refractivity contribution in [2.75, 3.05) is 5.32 Å². The van der Waals surface area contributed by atoms with Gasteiger partial charge in [0.05, 0.1) is 12.7 Å². The molecule has 1 atom stereocenters. The summed E-state index contributed by atoms with van der Waals surface area (Å²) in [6.07, 6.45) is 1.44. The lowest BCUT2D eigenvalue weighted by Crippen LogP contribution is -2.33. The van der Waals surface area contributed by atoms with E-state index in [1.807, 2.05) is 37.3 Å². The number of ether oxygens (including phenoxy) is 1. The third-order valence-corrected chi connectivity index (χ3v) is 3.90. The number of nitrogens with zero attached hydrogens (tertiary/aromatic N) is 2. The van der Waals surface area contributed by atoms with E-state index >= 15 is 0 Å². The van der Waals surface area contributed by atoms with Crippen LogP contribution >= 0.6 is 0 Å². The van der Waals surface area contributed by atoms with Crippen LogP contribution in [0.5, 0.6) is 5.75 Å². The molecule has 6 heteroatoms. The minimum absolute atomic E-state index is 0.272. The van der Waals surface area contributed by atoms with Gasteiger partial charge in [0, 0.05) is 6.07 Å². The zero-order valence-corrected chi connectivity index (χ0v) is 14.4. The van der Waals surface area contributed by atoms with E-state index in [0.29, 0.717) is 24.5 Å². The highest BCUT2D eigenvalue weighted by Gasteiger charge is 2.20. The predicted octanol–water partition coefficient (Wildman–Crippen LogP) is 3.87. The smallest absolute Gasteiger partial charge is 0.266 e. The Morgan fingerprint density at radius 3 is 2.58 bits per heavy atom. The first-order chi connectivity index (χ1) is 12.7. The molecule has 3 aromatic rings. The summed E-state index contributed by atoms with van der Waals surface area (Å²) < 4.78 is 20.4. The average Bonchev–Trinajstić information content (AvgIpc) is 3.08. The van der Waals surface area contributed by atoms with Crippen LogP contribution in [0.2, 0.25) is 0 Å². The van der Waals surface area contributed by atoms with Crippen LogP contribution in [-0.4, -0.2) is 21.8 Å². The fourth-order valence-electron chi connectivity index (χ4n) is 2.53. The fourth-order valence-corrected chi connectivity index (χ4v) is 2.53. The van der Waals surface area contributed by atoms with E-state index in [-0.39, 0.29) is 11.7 Å². The van der Waals surface area contributed by atoms with Crippen LogP contribution in [-0.2, 0) is 11.3 Å². The van der Waals surface area contributed by atoms with Crippen molar-refractivity contribution in [3.05, 3.63) is 78.2 Å². The van der Waals surface area contributed by atoms with E-state index in [9.17, 15) is 9.18 Å². The van der Waals surface area contributed by atoms with Gasteiger partial charge in [0.25, 0.3) is 5.91 Å². The molecule has 0 saturated carbocycles. The molecule has 134 valence electrons. The second-order valence-corrected chi connectivity index (χ2v) is 5.82. The van der Waals surface area contributed by atoms with E-state index < -0.39 is 6.10 Å². The van der Waals surface area contributed by atoms with Crippen LogP contribution in [0.1, 0.15) is 18.9 Å². The Labute approximate surface area is 151 Å². The molecular formula is C20H20FN3O2. The Balaban J connectivity index is 1.66. The number of nitrogens with one attached hydrogen (secondary N) is 1. The molecule has 0 aliphatic heterocycles. The number of carbonyl (C=O) groups excluding carboxylic acids is 1. The average molecular weight is 353 g/mol. The molecule has 0 spiro atoms. The molecule has 0 aliphatic rings. The number of carbonyl (C=O) groups is 1. The van der Waals surface area contributed by atoms with Gasteiger partial charge in [-0.1, -0.05) is 37.3 Å². The topological polar surface area (TPSA) is 56.1 Å². The van der Waals surface area contributed by atoms with Crippen LogP contribution in [0, 0.1) is 5.82 Å². The van der Waals surface area contributed by atoms with Crippen LogP contribution in [0.25, 0.3) is 0 Å². The molecule has 3 rings (SSSR count). The number of hydrogen-bond acceptors (Lipinski definition) is 3. The number of anilines is 1. The highest BCUT2D eigenvalue weighted by molar-refractivity contribution is 5.93. The number of benzene rings is 2. The van der Waals surface area contributed by atoms with Gasteiger partial charge >= 0.3 is 0 Å². The van der Waals surface area contributed by atoms with Crippen molar-refractivity contribution >= 4 is 11.7 Å². The highest BCUT2D eigenvalue weighted by atomic mass is 19.1. The Bertz CT molecular complexity index is 847. The summed E-state index contributed by atoms with van der Waals surface area (Å²) in [7, 11) is 0. The fraction of sp³-hybridized carbons (Fsp3) is 0.200. The third kappa shape index (κ3) is 4.47. The van der Waals surface area contributed by atoms with Crippen molar-refractivity contribution in [1.29, 1.82) is 0 Å². The summed E-state index contributed by atoms with van der Waals surface area (Å²) in [6.45, 7) is 2.41. The summed E-state index contributed by atoms with van der Waals surface area (Å²) in [5, 5.41) is 7.12. The van der Waals surface area contributed by atoms with Crippen LogP contribution in [0.4, 0.5) is 10.2 Å². The molecule has 2 aromatic carbocycles. The summed E-state index contributed by atoms with van der Waals surface area (Å²) in [4.78, 5) is 12.6. The number of halogens is 1. The lowest BCUT2D eigenvalue weighted by molar-refractivity contribution is -0.122. The van der Waals surface area contributed by atoms with Gasteiger partial charge in [0.1, 0.15) is 17.4 Å². The number of aromatic nitrogens is 2. The zero-order valence-electron chi connectivity index (χ0n) is 14.4. The van der Waals surface area contributed by atoms with Gasteiger partial charge in [-0.05, 0) is 36.2 Å². The van der Waals surface area contributed by atoms with Crippen LogP contribution in [0.3, 0.4) is 0 Å². The second-order valence-electron chi connectivity index (χ2n) is 5.82. The Morgan fingerprint density at radius 1 is 1.15 bits per heavy atom. The van der Waals surface area contributed by atoms with Gasteiger partial charge in [-0.2, -0.15) is 5.10 Å². The van der Waals surface area contributed by atoms with Gasteiger partial charge in [0.15, 0.2) is 6.10 Å². The van der Waals surface area contributed by atoms with Gasteiger partial charge in [0.2, 0.25) is 0 Å². The monoisotopic (exact) mass is 353 g/mol. The molecule has 1 heterocycles. The normalized spacial score (nSPS) is 11.8. The maximum Gasteiger partial charge on any atom is 0.266 e. The molecule has 0 bridgehead atoms. The van der Waals surface area contributed by atoms with E-state index in [1.165, 1.54) is 24.3 Å². The minimum atomic E-state index is -0.680. The Morgan fingerprint density at radius 2 is 1.88 bits per heavy atom. The molecule has 0 aliphatic carbocycles. The number of rotatable bonds is 7. The van der Waals surface area contributed by atoms with Gasteiger partial charge in [-0.15, -0.1) is 0 Å². The summed E-state index contributed by atoms with van der Waals surface area (Å²) in [5.74, 6) is 0.428. The first-order valence-electron chi connectivity index (χ1n) is 8.44.